The third-order valence-corrected chi connectivity index (χ3v) is 5.08. The van der Waals surface area contributed by atoms with Crippen LogP contribution in [0.25, 0.3) is 5.65 Å². The quantitative estimate of drug-likeness (QED) is 0.757. The van der Waals surface area contributed by atoms with Crippen LogP contribution in [0.2, 0.25) is 0 Å². The van der Waals surface area contributed by atoms with Gasteiger partial charge in [0.15, 0.2) is 0 Å². The number of carbonyl (C=O) groups excluding carboxylic acids is 1. The Bertz CT molecular complexity index is 943. The molecule has 1 aliphatic rings. The highest BCUT2D eigenvalue weighted by Gasteiger charge is 2.19. The van der Waals surface area contributed by atoms with Gasteiger partial charge in [0.2, 0.25) is 0 Å². The van der Waals surface area contributed by atoms with Gasteiger partial charge in [0.25, 0.3) is 5.91 Å². The summed E-state index contributed by atoms with van der Waals surface area (Å²) >= 11 is 0. The van der Waals surface area contributed by atoms with Crippen LogP contribution in [-0.4, -0.2) is 39.9 Å². The standard InChI is InChI=1S/C21H25N5O/c1-16-7-6-14-26-15-17(24-19(16)26)9-11-23-21(27)18-8-5-10-22-20(18)25-12-3-2-4-13-25/h5-8,10,14-15H,2-4,9,11-13H2,1H3,(H,23,27). The van der Waals surface area contributed by atoms with Gasteiger partial charge < -0.3 is 14.6 Å². The van der Waals surface area contributed by atoms with Crippen molar-refractivity contribution < 1.29 is 4.79 Å². The van der Waals surface area contributed by atoms with Crippen molar-refractivity contribution in [2.45, 2.75) is 32.6 Å². The molecule has 4 heterocycles. The molecule has 1 amide bonds. The minimum atomic E-state index is -0.0661. The van der Waals surface area contributed by atoms with Crippen molar-refractivity contribution in [3.8, 4) is 0 Å². The lowest BCUT2D eigenvalue weighted by molar-refractivity contribution is 0.0954. The van der Waals surface area contributed by atoms with Crippen molar-refractivity contribution in [3.63, 3.8) is 0 Å². The van der Waals surface area contributed by atoms with E-state index < -0.39 is 0 Å². The second-order valence-electron chi connectivity index (χ2n) is 7.08. The molecule has 1 aliphatic heterocycles. The van der Waals surface area contributed by atoms with Crippen LogP contribution >= 0.6 is 0 Å². The predicted octanol–water partition coefficient (Wildman–Crippen LogP) is 3.00. The summed E-state index contributed by atoms with van der Waals surface area (Å²) in [5.74, 6) is 0.738. The molecule has 0 spiro atoms. The summed E-state index contributed by atoms with van der Waals surface area (Å²) in [6.07, 6.45) is 10.1. The molecule has 4 rings (SSSR count). The summed E-state index contributed by atoms with van der Waals surface area (Å²) in [7, 11) is 0. The van der Waals surface area contributed by atoms with Gasteiger partial charge in [-0.1, -0.05) is 6.07 Å². The topological polar surface area (TPSA) is 62.5 Å². The Hall–Kier alpha value is -2.89. The van der Waals surface area contributed by atoms with Gasteiger partial charge in [-0.05, 0) is 49.9 Å². The van der Waals surface area contributed by atoms with Crippen molar-refractivity contribution in [2.75, 3.05) is 24.5 Å². The number of aromatic nitrogens is 3. The van der Waals surface area contributed by atoms with Crippen molar-refractivity contribution >= 4 is 17.4 Å². The van der Waals surface area contributed by atoms with E-state index in [2.05, 4.69) is 33.2 Å². The molecule has 0 aliphatic carbocycles. The van der Waals surface area contributed by atoms with Crippen LogP contribution in [0.1, 0.15) is 40.9 Å². The van der Waals surface area contributed by atoms with Gasteiger partial charge in [-0.15, -0.1) is 0 Å². The van der Waals surface area contributed by atoms with E-state index in [1.165, 1.54) is 6.42 Å². The summed E-state index contributed by atoms with van der Waals surface area (Å²) in [5, 5.41) is 3.03. The Morgan fingerprint density at radius 3 is 2.85 bits per heavy atom. The molecule has 3 aromatic rings. The fourth-order valence-electron chi connectivity index (χ4n) is 3.66. The van der Waals surface area contributed by atoms with Crippen LogP contribution in [0.15, 0.2) is 42.9 Å². The minimum Gasteiger partial charge on any atom is -0.356 e. The van der Waals surface area contributed by atoms with E-state index in [9.17, 15) is 4.79 Å². The fraction of sp³-hybridized carbons (Fsp3) is 0.381. The average Bonchev–Trinajstić information content (AvgIpc) is 3.13. The first kappa shape index (κ1) is 17.5. The van der Waals surface area contributed by atoms with Crippen molar-refractivity contribution in [1.29, 1.82) is 0 Å². The van der Waals surface area contributed by atoms with Crippen molar-refractivity contribution in [3.05, 3.63) is 59.7 Å². The minimum absolute atomic E-state index is 0.0661. The fourth-order valence-corrected chi connectivity index (χ4v) is 3.66. The summed E-state index contributed by atoms with van der Waals surface area (Å²) in [6, 6.07) is 7.76. The normalized spacial score (nSPS) is 14.5. The van der Waals surface area contributed by atoms with Crippen LogP contribution in [-0.2, 0) is 6.42 Å². The molecule has 140 valence electrons. The molecule has 0 atom stereocenters. The molecule has 6 heteroatoms. The lowest BCUT2D eigenvalue weighted by atomic mass is 10.1. The van der Waals surface area contributed by atoms with E-state index in [4.69, 9.17) is 0 Å². The molecule has 3 aromatic heterocycles. The van der Waals surface area contributed by atoms with Gasteiger partial charge in [-0.2, -0.15) is 0 Å². The maximum atomic E-state index is 12.7. The van der Waals surface area contributed by atoms with E-state index in [1.807, 2.05) is 35.0 Å². The van der Waals surface area contributed by atoms with E-state index in [-0.39, 0.29) is 5.91 Å². The van der Waals surface area contributed by atoms with Crippen LogP contribution < -0.4 is 10.2 Å². The number of aryl methyl sites for hydroxylation is 1. The van der Waals surface area contributed by atoms with Gasteiger partial charge >= 0.3 is 0 Å². The lowest BCUT2D eigenvalue weighted by Gasteiger charge is -2.29. The van der Waals surface area contributed by atoms with E-state index in [0.717, 1.165) is 48.7 Å². The summed E-state index contributed by atoms with van der Waals surface area (Å²) < 4.78 is 2.03. The van der Waals surface area contributed by atoms with Gasteiger partial charge in [0, 0.05) is 44.6 Å². The Morgan fingerprint density at radius 2 is 2.04 bits per heavy atom. The Kier molecular flexibility index (Phi) is 5.05. The van der Waals surface area contributed by atoms with Gasteiger partial charge in [0.05, 0.1) is 11.3 Å². The first-order chi connectivity index (χ1) is 13.2. The zero-order valence-electron chi connectivity index (χ0n) is 15.7. The smallest absolute Gasteiger partial charge is 0.255 e. The van der Waals surface area contributed by atoms with Gasteiger partial charge in [-0.3, -0.25) is 4.79 Å². The molecule has 1 N–H and O–H groups in total. The van der Waals surface area contributed by atoms with E-state index in [1.54, 1.807) is 6.20 Å². The van der Waals surface area contributed by atoms with Crippen LogP contribution in [0, 0.1) is 6.92 Å². The van der Waals surface area contributed by atoms with E-state index in [0.29, 0.717) is 18.5 Å². The maximum absolute atomic E-state index is 12.7. The lowest BCUT2D eigenvalue weighted by Crippen LogP contribution is -2.34. The molecular formula is C21H25N5O. The molecule has 1 saturated heterocycles. The SMILES string of the molecule is Cc1cccn2cc(CCNC(=O)c3cccnc3N3CCCCC3)nc12. The highest BCUT2D eigenvalue weighted by molar-refractivity contribution is 5.98. The van der Waals surface area contributed by atoms with Crippen LogP contribution in [0.3, 0.4) is 0 Å². The first-order valence-electron chi connectivity index (χ1n) is 9.64. The Labute approximate surface area is 159 Å². The number of carbonyl (C=O) groups is 1. The third kappa shape index (κ3) is 3.79. The predicted molar refractivity (Wildman–Crippen MR) is 106 cm³/mol. The molecule has 27 heavy (non-hydrogen) atoms. The second-order valence-corrected chi connectivity index (χ2v) is 7.08. The highest BCUT2D eigenvalue weighted by Crippen LogP contribution is 2.21. The maximum Gasteiger partial charge on any atom is 0.255 e. The monoisotopic (exact) mass is 363 g/mol. The number of nitrogens with one attached hydrogen (secondary N) is 1. The number of imidazole rings is 1. The zero-order valence-corrected chi connectivity index (χ0v) is 15.7. The van der Waals surface area contributed by atoms with Crippen LogP contribution in [0.4, 0.5) is 5.82 Å². The molecule has 1 fully saturated rings. The molecule has 0 bridgehead atoms. The van der Waals surface area contributed by atoms with Crippen LogP contribution in [0.5, 0.6) is 0 Å². The zero-order chi connectivity index (χ0) is 18.6. The number of pyridine rings is 2. The molecule has 0 aromatic carbocycles. The van der Waals surface area contributed by atoms with Crippen molar-refractivity contribution in [2.24, 2.45) is 0 Å². The summed E-state index contributed by atoms with van der Waals surface area (Å²) in [5.41, 5.74) is 3.75. The number of piperidine rings is 1. The third-order valence-electron chi connectivity index (χ3n) is 5.08. The second kappa shape index (κ2) is 7.78. The molecule has 0 saturated carbocycles. The molecule has 6 nitrogen and oxygen atoms in total. The average molecular weight is 363 g/mol. The number of nitrogens with zero attached hydrogens (tertiary/aromatic N) is 4. The van der Waals surface area contributed by atoms with Crippen molar-refractivity contribution in [1.82, 2.24) is 19.7 Å². The summed E-state index contributed by atoms with van der Waals surface area (Å²) in [6.45, 7) is 4.55. The Balaban J connectivity index is 1.41. The number of hydrogen-bond donors (Lipinski definition) is 1. The first-order valence-corrected chi connectivity index (χ1v) is 9.64. The number of fused-ring (bicyclic) bond motifs is 1. The summed E-state index contributed by atoms with van der Waals surface area (Å²) in [4.78, 5) is 24.1. The van der Waals surface area contributed by atoms with Gasteiger partial charge in [0.1, 0.15) is 11.5 Å². The highest BCUT2D eigenvalue weighted by atomic mass is 16.1. The van der Waals surface area contributed by atoms with E-state index >= 15 is 0 Å². The number of amides is 1. The molecular weight excluding hydrogens is 338 g/mol. The molecule has 0 unspecified atom stereocenters. The number of anilines is 1. The largest absolute Gasteiger partial charge is 0.356 e. The Morgan fingerprint density at radius 1 is 1.19 bits per heavy atom. The molecule has 0 radical (unpaired) electrons. The van der Waals surface area contributed by atoms with Gasteiger partial charge in [-0.25, -0.2) is 9.97 Å². The number of hydrogen-bond acceptors (Lipinski definition) is 4. The number of rotatable bonds is 5.